The van der Waals surface area contributed by atoms with E-state index >= 15 is 0 Å². The predicted octanol–water partition coefficient (Wildman–Crippen LogP) is 3.20. The van der Waals surface area contributed by atoms with Crippen molar-refractivity contribution in [2.24, 2.45) is 0 Å². The normalized spacial score (nSPS) is 15.1. The van der Waals surface area contributed by atoms with Gasteiger partial charge in [-0.2, -0.15) is 0 Å². The molecule has 0 bridgehead atoms. The van der Waals surface area contributed by atoms with Crippen molar-refractivity contribution < 1.29 is 19.1 Å². The van der Waals surface area contributed by atoms with Gasteiger partial charge in [-0.1, -0.05) is 30.3 Å². The number of nitrogens with zero attached hydrogens (tertiary/aromatic N) is 2. The number of aromatic nitrogens is 1. The molecule has 3 heterocycles. The summed E-state index contributed by atoms with van der Waals surface area (Å²) in [5, 5.41) is 3.13. The molecule has 2 amide bonds. The van der Waals surface area contributed by atoms with Gasteiger partial charge >= 0.3 is 0 Å². The highest BCUT2D eigenvalue weighted by Crippen LogP contribution is 2.36. The maximum atomic E-state index is 13.3. The third-order valence-corrected chi connectivity index (χ3v) is 4.96. The van der Waals surface area contributed by atoms with Gasteiger partial charge in [-0.05, 0) is 35.4 Å². The molecule has 2 aliphatic heterocycles. The Morgan fingerprint density at radius 2 is 1.67 bits per heavy atom. The zero-order valence-corrected chi connectivity index (χ0v) is 15.9. The second-order valence-electron chi connectivity index (χ2n) is 6.86. The van der Waals surface area contributed by atoms with Crippen LogP contribution in [0.15, 0.2) is 78.8 Å². The first kappa shape index (κ1) is 17.9. The summed E-state index contributed by atoms with van der Waals surface area (Å²) in [5.74, 6) is 0.512. The molecule has 1 N–H and O–H groups in total. The van der Waals surface area contributed by atoms with Crippen LogP contribution >= 0.6 is 0 Å². The first-order valence-electron chi connectivity index (χ1n) is 9.42. The Morgan fingerprint density at radius 1 is 0.900 bits per heavy atom. The molecule has 0 fully saturated rings. The van der Waals surface area contributed by atoms with Gasteiger partial charge in [0.25, 0.3) is 11.8 Å². The summed E-state index contributed by atoms with van der Waals surface area (Å²) in [6.45, 7) is 0.330. The van der Waals surface area contributed by atoms with Crippen molar-refractivity contribution in [3.8, 4) is 11.5 Å². The van der Waals surface area contributed by atoms with Crippen molar-refractivity contribution in [2.45, 2.75) is 6.54 Å². The van der Waals surface area contributed by atoms with Crippen LogP contribution in [-0.2, 0) is 16.1 Å². The lowest BCUT2D eigenvalue weighted by Crippen LogP contribution is -2.32. The average Bonchev–Trinajstić information content (AvgIpc) is 3.33. The van der Waals surface area contributed by atoms with E-state index in [9.17, 15) is 9.59 Å². The third kappa shape index (κ3) is 3.16. The number of pyridine rings is 1. The number of ether oxygens (including phenoxy) is 2. The summed E-state index contributed by atoms with van der Waals surface area (Å²) < 4.78 is 10.8. The Morgan fingerprint density at radius 3 is 2.47 bits per heavy atom. The van der Waals surface area contributed by atoms with Crippen molar-refractivity contribution in [1.29, 1.82) is 0 Å². The van der Waals surface area contributed by atoms with Gasteiger partial charge in [0.1, 0.15) is 5.70 Å². The second-order valence-corrected chi connectivity index (χ2v) is 6.86. The summed E-state index contributed by atoms with van der Waals surface area (Å²) in [6, 6.07) is 18.0. The topological polar surface area (TPSA) is 80.8 Å². The minimum absolute atomic E-state index is 0.161. The summed E-state index contributed by atoms with van der Waals surface area (Å²) in [6.07, 6.45) is 3.27. The molecule has 30 heavy (non-hydrogen) atoms. The van der Waals surface area contributed by atoms with Gasteiger partial charge in [-0.25, -0.2) is 0 Å². The molecular formula is C23H17N3O4. The second kappa shape index (κ2) is 7.36. The molecule has 5 rings (SSSR count). The predicted molar refractivity (Wildman–Crippen MR) is 109 cm³/mol. The van der Waals surface area contributed by atoms with Crippen molar-refractivity contribution in [1.82, 2.24) is 9.88 Å². The fourth-order valence-corrected chi connectivity index (χ4v) is 3.50. The van der Waals surface area contributed by atoms with E-state index in [1.54, 1.807) is 42.7 Å². The molecule has 0 unspecified atom stereocenters. The largest absolute Gasteiger partial charge is 0.454 e. The van der Waals surface area contributed by atoms with Crippen LogP contribution in [0, 0.1) is 0 Å². The van der Waals surface area contributed by atoms with Crippen LogP contribution in [0.2, 0.25) is 0 Å². The van der Waals surface area contributed by atoms with E-state index in [1.165, 1.54) is 4.90 Å². The minimum atomic E-state index is -0.381. The summed E-state index contributed by atoms with van der Waals surface area (Å²) in [4.78, 5) is 31.7. The highest BCUT2D eigenvalue weighted by Gasteiger charge is 2.39. The molecule has 2 aliphatic rings. The zero-order chi connectivity index (χ0) is 20.5. The Labute approximate surface area is 172 Å². The van der Waals surface area contributed by atoms with E-state index in [1.807, 2.05) is 30.3 Å². The molecule has 7 heteroatoms. The maximum Gasteiger partial charge on any atom is 0.278 e. The molecule has 3 aromatic rings. The molecule has 0 radical (unpaired) electrons. The fraction of sp³-hybridized carbons (Fsp3) is 0.0870. The van der Waals surface area contributed by atoms with Gasteiger partial charge < -0.3 is 14.8 Å². The number of benzene rings is 2. The quantitative estimate of drug-likeness (QED) is 0.664. The molecule has 2 aromatic carbocycles. The third-order valence-electron chi connectivity index (χ3n) is 4.96. The lowest BCUT2D eigenvalue weighted by molar-refractivity contribution is -0.137. The summed E-state index contributed by atoms with van der Waals surface area (Å²) in [5.41, 5.74) is 2.71. The number of fused-ring (bicyclic) bond motifs is 1. The summed E-state index contributed by atoms with van der Waals surface area (Å²) in [7, 11) is 0. The standard InChI is InChI=1S/C23H17N3O4/c27-22-20(16-4-2-1-3-5-16)21(23(28)26(22)13-15-8-10-24-11-9-15)25-17-6-7-18-19(12-17)30-14-29-18/h1-12,25H,13-14H2. The van der Waals surface area contributed by atoms with E-state index in [0.29, 0.717) is 28.3 Å². The maximum absolute atomic E-state index is 13.3. The van der Waals surface area contributed by atoms with E-state index in [2.05, 4.69) is 10.3 Å². The number of anilines is 1. The number of rotatable bonds is 5. The van der Waals surface area contributed by atoms with E-state index in [4.69, 9.17) is 9.47 Å². The van der Waals surface area contributed by atoms with Crippen LogP contribution in [0.5, 0.6) is 11.5 Å². The molecule has 0 saturated carbocycles. The van der Waals surface area contributed by atoms with Crippen molar-refractivity contribution >= 4 is 23.1 Å². The Kier molecular flexibility index (Phi) is 4.40. The lowest BCUT2D eigenvalue weighted by atomic mass is 10.0. The van der Waals surface area contributed by atoms with E-state index in [-0.39, 0.29) is 30.8 Å². The highest BCUT2D eigenvalue weighted by molar-refractivity contribution is 6.36. The lowest BCUT2D eigenvalue weighted by Gasteiger charge is -2.15. The van der Waals surface area contributed by atoms with Crippen LogP contribution in [0.4, 0.5) is 5.69 Å². The molecule has 7 nitrogen and oxygen atoms in total. The number of hydrogen-bond donors (Lipinski definition) is 1. The molecule has 0 saturated heterocycles. The number of carbonyl (C=O) groups excluding carboxylic acids is 2. The van der Waals surface area contributed by atoms with Gasteiger partial charge in [-0.3, -0.25) is 19.5 Å². The zero-order valence-electron chi connectivity index (χ0n) is 15.9. The highest BCUT2D eigenvalue weighted by atomic mass is 16.7. The van der Waals surface area contributed by atoms with Crippen molar-refractivity contribution in [3.05, 3.63) is 89.9 Å². The van der Waals surface area contributed by atoms with Gasteiger partial charge in [0.05, 0.1) is 12.1 Å². The Hall–Kier alpha value is -4.13. The molecule has 0 aliphatic carbocycles. The summed E-state index contributed by atoms with van der Waals surface area (Å²) >= 11 is 0. The Balaban J connectivity index is 1.52. The number of carbonyl (C=O) groups is 2. The van der Waals surface area contributed by atoms with Crippen LogP contribution in [0.3, 0.4) is 0 Å². The first-order chi connectivity index (χ1) is 14.7. The number of nitrogens with one attached hydrogen (secondary N) is 1. The minimum Gasteiger partial charge on any atom is -0.454 e. The first-order valence-corrected chi connectivity index (χ1v) is 9.42. The average molecular weight is 399 g/mol. The molecular weight excluding hydrogens is 382 g/mol. The van der Waals surface area contributed by atoms with Gasteiger partial charge in [-0.15, -0.1) is 0 Å². The van der Waals surface area contributed by atoms with Crippen LogP contribution in [0.1, 0.15) is 11.1 Å². The van der Waals surface area contributed by atoms with Crippen LogP contribution in [0.25, 0.3) is 5.57 Å². The van der Waals surface area contributed by atoms with Crippen LogP contribution < -0.4 is 14.8 Å². The van der Waals surface area contributed by atoms with Gasteiger partial charge in [0.2, 0.25) is 6.79 Å². The van der Waals surface area contributed by atoms with Crippen molar-refractivity contribution in [2.75, 3.05) is 12.1 Å². The van der Waals surface area contributed by atoms with E-state index < -0.39 is 0 Å². The molecule has 0 atom stereocenters. The van der Waals surface area contributed by atoms with Gasteiger partial charge in [0.15, 0.2) is 11.5 Å². The van der Waals surface area contributed by atoms with Gasteiger partial charge in [0, 0.05) is 24.1 Å². The fourth-order valence-electron chi connectivity index (χ4n) is 3.50. The number of amides is 2. The van der Waals surface area contributed by atoms with E-state index in [0.717, 1.165) is 5.56 Å². The monoisotopic (exact) mass is 399 g/mol. The SMILES string of the molecule is O=C1C(Nc2ccc3c(c2)OCO3)=C(c2ccccc2)C(=O)N1Cc1ccncc1. The Bertz CT molecular complexity index is 1160. The van der Waals surface area contributed by atoms with Crippen LogP contribution in [-0.4, -0.2) is 28.5 Å². The smallest absolute Gasteiger partial charge is 0.278 e. The number of imide groups is 1. The number of hydrogen-bond acceptors (Lipinski definition) is 6. The molecule has 1 aromatic heterocycles. The van der Waals surface area contributed by atoms with Crippen molar-refractivity contribution in [3.63, 3.8) is 0 Å². The molecule has 0 spiro atoms. The molecule has 148 valence electrons.